The third-order valence-corrected chi connectivity index (χ3v) is 3.62. The fourth-order valence-electron chi connectivity index (χ4n) is 2.25. The first-order chi connectivity index (χ1) is 7.25. The monoisotopic (exact) mass is 212 g/mol. The van der Waals surface area contributed by atoms with E-state index in [9.17, 15) is 0 Å². The van der Waals surface area contributed by atoms with Crippen molar-refractivity contribution in [3.63, 3.8) is 0 Å². The number of hydrogen-bond donors (Lipinski definition) is 1. The first-order valence-corrected chi connectivity index (χ1v) is 6.27. The molecule has 1 aliphatic heterocycles. The summed E-state index contributed by atoms with van der Waals surface area (Å²) in [5.74, 6) is 0.994. The van der Waals surface area contributed by atoms with Gasteiger partial charge < -0.3 is 15.0 Å². The molecular formula is C12H24N2O. The molecule has 2 aliphatic rings. The number of nitrogens with zero attached hydrogens (tertiary/aromatic N) is 1. The summed E-state index contributed by atoms with van der Waals surface area (Å²) in [6, 6.07) is 1.24. The lowest BCUT2D eigenvalue weighted by Gasteiger charge is -2.31. The lowest BCUT2D eigenvalue weighted by atomic mass is 10.1. The van der Waals surface area contributed by atoms with Crippen LogP contribution >= 0.6 is 0 Å². The van der Waals surface area contributed by atoms with E-state index in [1.807, 2.05) is 0 Å². The largest absolute Gasteiger partial charge is 0.379 e. The van der Waals surface area contributed by atoms with E-state index in [4.69, 9.17) is 4.74 Å². The van der Waals surface area contributed by atoms with Gasteiger partial charge in [0, 0.05) is 25.2 Å². The number of nitrogens with one attached hydrogen (secondary N) is 1. The highest BCUT2D eigenvalue weighted by atomic mass is 16.5. The maximum Gasteiger partial charge on any atom is 0.0620 e. The molecule has 3 nitrogen and oxygen atoms in total. The SMILES string of the molecule is CC(CC1COCCN1)N(C)CC1CC1. The number of ether oxygens (including phenoxy) is 1. The van der Waals surface area contributed by atoms with Crippen LogP contribution in [0.15, 0.2) is 0 Å². The third kappa shape index (κ3) is 3.74. The topological polar surface area (TPSA) is 24.5 Å². The smallest absolute Gasteiger partial charge is 0.0620 e. The Hall–Kier alpha value is -0.120. The van der Waals surface area contributed by atoms with Crippen LogP contribution in [-0.4, -0.2) is 50.3 Å². The van der Waals surface area contributed by atoms with Gasteiger partial charge in [0.05, 0.1) is 13.2 Å². The summed E-state index contributed by atoms with van der Waals surface area (Å²) in [6.45, 7) is 6.40. The van der Waals surface area contributed by atoms with Crippen molar-refractivity contribution in [1.29, 1.82) is 0 Å². The van der Waals surface area contributed by atoms with Crippen molar-refractivity contribution in [2.45, 2.75) is 38.3 Å². The number of hydrogen-bond acceptors (Lipinski definition) is 3. The van der Waals surface area contributed by atoms with E-state index in [0.717, 1.165) is 25.7 Å². The first-order valence-electron chi connectivity index (χ1n) is 6.27. The molecule has 1 aliphatic carbocycles. The minimum Gasteiger partial charge on any atom is -0.379 e. The van der Waals surface area contributed by atoms with Gasteiger partial charge in [0.15, 0.2) is 0 Å². The summed E-state index contributed by atoms with van der Waals surface area (Å²) in [6.07, 6.45) is 4.10. The maximum absolute atomic E-state index is 5.48. The Kier molecular flexibility index (Phi) is 4.00. The Bertz CT molecular complexity index is 188. The van der Waals surface area contributed by atoms with Crippen molar-refractivity contribution < 1.29 is 4.74 Å². The van der Waals surface area contributed by atoms with Crippen molar-refractivity contribution in [1.82, 2.24) is 10.2 Å². The van der Waals surface area contributed by atoms with Gasteiger partial charge in [-0.15, -0.1) is 0 Å². The van der Waals surface area contributed by atoms with Gasteiger partial charge in [0.1, 0.15) is 0 Å². The summed E-state index contributed by atoms with van der Waals surface area (Å²) < 4.78 is 5.48. The second kappa shape index (κ2) is 5.28. The third-order valence-electron chi connectivity index (χ3n) is 3.62. The highest BCUT2D eigenvalue weighted by molar-refractivity contribution is 4.81. The Balaban J connectivity index is 1.66. The molecule has 3 heteroatoms. The van der Waals surface area contributed by atoms with Gasteiger partial charge in [0.2, 0.25) is 0 Å². The van der Waals surface area contributed by atoms with E-state index in [2.05, 4.69) is 24.2 Å². The predicted octanol–water partition coefficient (Wildman–Crippen LogP) is 1.10. The van der Waals surface area contributed by atoms with Crippen molar-refractivity contribution in [2.24, 2.45) is 5.92 Å². The van der Waals surface area contributed by atoms with E-state index < -0.39 is 0 Å². The van der Waals surface area contributed by atoms with Crippen LogP contribution < -0.4 is 5.32 Å². The minimum absolute atomic E-state index is 0.565. The van der Waals surface area contributed by atoms with Gasteiger partial charge in [-0.25, -0.2) is 0 Å². The fourth-order valence-corrected chi connectivity index (χ4v) is 2.25. The quantitative estimate of drug-likeness (QED) is 0.738. The zero-order valence-electron chi connectivity index (χ0n) is 10.0. The second-order valence-corrected chi connectivity index (χ2v) is 5.19. The van der Waals surface area contributed by atoms with Crippen LogP contribution in [0.5, 0.6) is 0 Å². The Labute approximate surface area is 93.2 Å². The van der Waals surface area contributed by atoms with Crippen molar-refractivity contribution >= 4 is 0 Å². The highest BCUT2D eigenvalue weighted by Gasteiger charge is 2.25. The van der Waals surface area contributed by atoms with Gasteiger partial charge in [-0.05, 0) is 39.2 Å². The van der Waals surface area contributed by atoms with Gasteiger partial charge in [-0.3, -0.25) is 0 Å². The summed E-state index contributed by atoms with van der Waals surface area (Å²) >= 11 is 0. The molecule has 1 saturated carbocycles. The average molecular weight is 212 g/mol. The van der Waals surface area contributed by atoms with Crippen LogP contribution in [0.1, 0.15) is 26.2 Å². The van der Waals surface area contributed by atoms with Crippen LogP contribution in [0.25, 0.3) is 0 Å². The van der Waals surface area contributed by atoms with Crippen molar-refractivity contribution in [3.05, 3.63) is 0 Å². The molecule has 0 radical (unpaired) electrons. The predicted molar refractivity (Wildman–Crippen MR) is 62.0 cm³/mol. The molecule has 0 aromatic rings. The summed E-state index contributed by atoms with van der Waals surface area (Å²) in [5.41, 5.74) is 0. The molecule has 0 spiro atoms. The zero-order valence-corrected chi connectivity index (χ0v) is 10.0. The summed E-state index contributed by atoms with van der Waals surface area (Å²) in [4.78, 5) is 2.51. The number of rotatable bonds is 5. The van der Waals surface area contributed by atoms with E-state index >= 15 is 0 Å². The van der Waals surface area contributed by atoms with Gasteiger partial charge in [-0.2, -0.15) is 0 Å². The van der Waals surface area contributed by atoms with Crippen LogP contribution in [0.4, 0.5) is 0 Å². The molecular weight excluding hydrogens is 188 g/mol. The lowest BCUT2D eigenvalue weighted by molar-refractivity contribution is 0.0641. The molecule has 2 atom stereocenters. The van der Waals surface area contributed by atoms with E-state index in [1.54, 1.807) is 0 Å². The van der Waals surface area contributed by atoms with E-state index in [1.165, 1.54) is 25.8 Å². The molecule has 88 valence electrons. The summed E-state index contributed by atoms with van der Waals surface area (Å²) in [7, 11) is 2.26. The highest BCUT2D eigenvalue weighted by Crippen LogP contribution is 2.30. The van der Waals surface area contributed by atoms with Crippen LogP contribution in [0, 0.1) is 5.92 Å². The standard InChI is InChI=1S/C12H24N2O/c1-10(14(2)8-11-3-4-11)7-12-9-15-6-5-13-12/h10-13H,3-9H2,1-2H3. The molecule has 1 heterocycles. The van der Waals surface area contributed by atoms with Crippen molar-refractivity contribution in [3.8, 4) is 0 Å². The molecule has 1 N–H and O–H groups in total. The second-order valence-electron chi connectivity index (χ2n) is 5.19. The van der Waals surface area contributed by atoms with Crippen LogP contribution in [-0.2, 0) is 4.74 Å². The molecule has 1 saturated heterocycles. The Morgan fingerprint density at radius 2 is 2.27 bits per heavy atom. The normalized spacial score (nSPS) is 29.4. The van der Waals surface area contributed by atoms with Gasteiger partial charge in [-0.1, -0.05) is 0 Å². The summed E-state index contributed by atoms with van der Waals surface area (Å²) in [5, 5.41) is 3.52. The molecule has 0 aromatic carbocycles. The molecule has 2 fully saturated rings. The molecule has 0 amide bonds. The molecule has 2 unspecified atom stereocenters. The van der Waals surface area contributed by atoms with E-state index in [0.29, 0.717) is 12.1 Å². The van der Waals surface area contributed by atoms with Gasteiger partial charge in [0.25, 0.3) is 0 Å². The first kappa shape index (κ1) is 11.4. The van der Waals surface area contributed by atoms with Crippen molar-refractivity contribution in [2.75, 3.05) is 33.4 Å². The fraction of sp³-hybridized carbons (Fsp3) is 1.00. The number of morpholine rings is 1. The zero-order chi connectivity index (χ0) is 10.7. The molecule has 2 rings (SSSR count). The van der Waals surface area contributed by atoms with Crippen LogP contribution in [0.2, 0.25) is 0 Å². The minimum atomic E-state index is 0.565. The van der Waals surface area contributed by atoms with Crippen LogP contribution in [0.3, 0.4) is 0 Å². The molecule has 0 aromatic heterocycles. The molecule has 15 heavy (non-hydrogen) atoms. The van der Waals surface area contributed by atoms with Gasteiger partial charge >= 0.3 is 0 Å². The lowest BCUT2D eigenvalue weighted by Crippen LogP contribution is -2.45. The Morgan fingerprint density at radius 1 is 1.47 bits per heavy atom. The average Bonchev–Trinajstić information content (AvgIpc) is 3.03. The van der Waals surface area contributed by atoms with E-state index in [-0.39, 0.29) is 0 Å². The Morgan fingerprint density at radius 3 is 2.87 bits per heavy atom. The maximum atomic E-state index is 5.48. The molecule has 0 bridgehead atoms.